The van der Waals surface area contributed by atoms with E-state index in [1.807, 2.05) is 25.2 Å². The average Bonchev–Trinajstić information content (AvgIpc) is 2.33. The van der Waals surface area contributed by atoms with Crippen molar-refractivity contribution in [3.05, 3.63) is 57.5 Å². The van der Waals surface area contributed by atoms with Gasteiger partial charge in [-0.25, -0.2) is 0 Å². The molecule has 0 saturated heterocycles. The third kappa shape index (κ3) is 3.75. The molecule has 0 aliphatic rings. The molecule has 0 aliphatic carbocycles. The molecular weight excluding hydrogens is 330 g/mol. The zero-order valence-corrected chi connectivity index (χ0v) is 13.1. The minimum Gasteiger partial charge on any atom is -0.316 e. The van der Waals surface area contributed by atoms with Gasteiger partial charge in [0.05, 0.1) is 0 Å². The van der Waals surface area contributed by atoms with Gasteiger partial charge in [0, 0.05) is 25.8 Å². The van der Waals surface area contributed by atoms with Crippen molar-refractivity contribution >= 4 is 39.3 Å². The van der Waals surface area contributed by atoms with E-state index in [0.717, 1.165) is 20.9 Å². The van der Waals surface area contributed by atoms with Crippen molar-refractivity contribution in [2.45, 2.75) is 16.3 Å². The Morgan fingerprint density at radius 2 is 1.94 bits per heavy atom. The summed E-state index contributed by atoms with van der Waals surface area (Å²) < 4.78 is 1.13. The zero-order valence-electron chi connectivity index (χ0n) is 9.91. The second kappa shape index (κ2) is 6.62. The second-order valence-electron chi connectivity index (χ2n) is 3.84. The molecule has 0 bridgehead atoms. The molecule has 0 spiro atoms. The van der Waals surface area contributed by atoms with Crippen LogP contribution in [-0.4, -0.2) is 7.05 Å². The molecular formula is C14H13BrClNS. The lowest BCUT2D eigenvalue weighted by atomic mass is 10.2. The Hall–Kier alpha value is -0.480. The summed E-state index contributed by atoms with van der Waals surface area (Å²) in [6, 6.07) is 14.3. The van der Waals surface area contributed by atoms with E-state index in [4.69, 9.17) is 11.6 Å². The fraction of sp³-hybridized carbons (Fsp3) is 0.143. The predicted octanol–water partition coefficient (Wildman–Crippen LogP) is 4.97. The van der Waals surface area contributed by atoms with E-state index in [9.17, 15) is 0 Å². The first-order valence-corrected chi connectivity index (χ1v) is 7.54. The van der Waals surface area contributed by atoms with Gasteiger partial charge in [-0.15, -0.1) is 0 Å². The van der Waals surface area contributed by atoms with Gasteiger partial charge in [0.1, 0.15) is 0 Å². The van der Waals surface area contributed by atoms with Crippen LogP contribution >= 0.6 is 39.3 Å². The molecule has 0 amide bonds. The normalized spacial score (nSPS) is 10.6. The zero-order chi connectivity index (χ0) is 13.0. The lowest BCUT2D eigenvalue weighted by Gasteiger charge is -2.07. The minimum absolute atomic E-state index is 0.769. The summed E-state index contributed by atoms with van der Waals surface area (Å²) in [5, 5.41) is 3.92. The van der Waals surface area contributed by atoms with Crippen LogP contribution in [0, 0.1) is 0 Å². The number of benzene rings is 2. The summed E-state index contributed by atoms with van der Waals surface area (Å²) in [5.41, 5.74) is 1.26. The highest BCUT2D eigenvalue weighted by Crippen LogP contribution is 2.32. The van der Waals surface area contributed by atoms with Gasteiger partial charge in [-0.2, -0.15) is 0 Å². The van der Waals surface area contributed by atoms with Gasteiger partial charge in [-0.3, -0.25) is 0 Å². The highest BCUT2D eigenvalue weighted by molar-refractivity contribution is 9.10. The molecule has 1 N–H and O–H groups in total. The van der Waals surface area contributed by atoms with E-state index in [1.165, 1.54) is 10.5 Å². The Labute approximate surface area is 125 Å². The monoisotopic (exact) mass is 341 g/mol. The SMILES string of the molecule is CNCc1ccc(Sc2cccc(Cl)c2)cc1Br. The number of rotatable bonds is 4. The average molecular weight is 343 g/mol. The Bertz CT molecular complexity index is 545. The highest BCUT2D eigenvalue weighted by Gasteiger charge is 2.03. The molecule has 2 rings (SSSR count). The van der Waals surface area contributed by atoms with Crippen molar-refractivity contribution in [1.29, 1.82) is 0 Å². The molecule has 0 aromatic heterocycles. The minimum atomic E-state index is 0.769. The molecule has 0 radical (unpaired) electrons. The van der Waals surface area contributed by atoms with E-state index in [1.54, 1.807) is 11.8 Å². The van der Waals surface area contributed by atoms with Gasteiger partial charge in [-0.1, -0.05) is 51.4 Å². The summed E-state index contributed by atoms with van der Waals surface area (Å²) in [6.45, 7) is 0.864. The molecule has 94 valence electrons. The maximum atomic E-state index is 5.98. The number of halogens is 2. The van der Waals surface area contributed by atoms with Gasteiger partial charge in [0.2, 0.25) is 0 Å². The van der Waals surface area contributed by atoms with Gasteiger partial charge >= 0.3 is 0 Å². The molecule has 0 heterocycles. The highest BCUT2D eigenvalue weighted by atomic mass is 79.9. The molecule has 2 aromatic carbocycles. The number of hydrogen-bond donors (Lipinski definition) is 1. The summed E-state index contributed by atoms with van der Waals surface area (Å²) in [4.78, 5) is 2.35. The van der Waals surface area contributed by atoms with Crippen LogP contribution in [0.4, 0.5) is 0 Å². The predicted molar refractivity (Wildman–Crippen MR) is 82.5 cm³/mol. The lowest BCUT2D eigenvalue weighted by Crippen LogP contribution is -2.05. The quantitative estimate of drug-likeness (QED) is 0.841. The van der Waals surface area contributed by atoms with E-state index < -0.39 is 0 Å². The van der Waals surface area contributed by atoms with Crippen molar-refractivity contribution in [1.82, 2.24) is 5.32 Å². The Kier molecular flexibility index (Phi) is 5.13. The number of nitrogens with one attached hydrogen (secondary N) is 1. The van der Waals surface area contributed by atoms with Crippen LogP contribution in [0.15, 0.2) is 56.7 Å². The van der Waals surface area contributed by atoms with E-state index >= 15 is 0 Å². The molecule has 18 heavy (non-hydrogen) atoms. The molecule has 0 saturated carbocycles. The Morgan fingerprint density at radius 1 is 1.17 bits per heavy atom. The van der Waals surface area contributed by atoms with Gasteiger partial charge in [0.15, 0.2) is 0 Å². The Balaban J connectivity index is 2.17. The third-order valence-corrected chi connectivity index (χ3v) is 4.38. The van der Waals surface area contributed by atoms with Crippen LogP contribution in [0.1, 0.15) is 5.56 Å². The molecule has 2 aromatic rings. The van der Waals surface area contributed by atoms with E-state index in [-0.39, 0.29) is 0 Å². The Morgan fingerprint density at radius 3 is 2.61 bits per heavy atom. The smallest absolute Gasteiger partial charge is 0.0417 e. The topological polar surface area (TPSA) is 12.0 Å². The molecule has 4 heteroatoms. The summed E-state index contributed by atoms with van der Waals surface area (Å²) in [6.07, 6.45) is 0. The van der Waals surface area contributed by atoms with Crippen LogP contribution in [0.25, 0.3) is 0 Å². The van der Waals surface area contributed by atoms with Crippen molar-refractivity contribution in [3.8, 4) is 0 Å². The maximum Gasteiger partial charge on any atom is 0.0417 e. The summed E-state index contributed by atoms with van der Waals surface area (Å²) in [7, 11) is 1.95. The molecule has 0 aliphatic heterocycles. The van der Waals surface area contributed by atoms with Crippen molar-refractivity contribution in [2.24, 2.45) is 0 Å². The van der Waals surface area contributed by atoms with Crippen LogP contribution in [0.3, 0.4) is 0 Å². The maximum absolute atomic E-state index is 5.98. The molecule has 0 unspecified atom stereocenters. The van der Waals surface area contributed by atoms with Crippen molar-refractivity contribution < 1.29 is 0 Å². The van der Waals surface area contributed by atoms with E-state index in [0.29, 0.717) is 0 Å². The molecule has 0 atom stereocenters. The van der Waals surface area contributed by atoms with Gasteiger partial charge in [-0.05, 0) is 42.9 Å². The standard InChI is InChI=1S/C14H13BrClNS/c1-17-9-10-5-6-13(8-14(10)15)18-12-4-2-3-11(16)7-12/h2-8,17H,9H2,1H3. The van der Waals surface area contributed by atoms with Crippen LogP contribution in [-0.2, 0) is 6.54 Å². The van der Waals surface area contributed by atoms with E-state index in [2.05, 4.69) is 45.5 Å². The summed E-state index contributed by atoms with van der Waals surface area (Å²) in [5.74, 6) is 0. The van der Waals surface area contributed by atoms with Crippen LogP contribution < -0.4 is 5.32 Å². The molecule has 0 fully saturated rings. The van der Waals surface area contributed by atoms with Crippen LogP contribution in [0.5, 0.6) is 0 Å². The van der Waals surface area contributed by atoms with Crippen LogP contribution in [0.2, 0.25) is 5.02 Å². The fourth-order valence-electron chi connectivity index (χ4n) is 1.59. The van der Waals surface area contributed by atoms with Crippen molar-refractivity contribution in [3.63, 3.8) is 0 Å². The first-order chi connectivity index (χ1) is 8.69. The van der Waals surface area contributed by atoms with Crippen molar-refractivity contribution in [2.75, 3.05) is 7.05 Å². The first kappa shape index (κ1) is 13.9. The first-order valence-electron chi connectivity index (χ1n) is 5.55. The lowest BCUT2D eigenvalue weighted by molar-refractivity contribution is 0.813. The van der Waals surface area contributed by atoms with Gasteiger partial charge < -0.3 is 5.32 Å². The fourth-order valence-corrected chi connectivity index (χ4v) is 3.43. The molecule has 1 nitrogen and oxygen atoms in total. The summed E-state index contributed by atoms with van der Waals surface area (Å²) >= 11 is 11.3. The second-order valence-corrected chi connectivity index (χ2v) is 6.28. The number of hydrogen-bond acceptors (Lipinski definition) is 2. The van der Waals surface area contributed by atoms with Gasteiger partial charge in [0.25, 0.3) is 0 Å². The third-order valence-electron chi connectivity index (χ3n) is 2.42. The largest absolute Gasteiger partial charge is 0.316 e.